The SMILES string of the molecule is CCc1cc(OCc2cnc(I)c(C3=CCCC3(C)C)n2)cc(C(CC(=O)O)C2CC2)c1. The highest BCUT2D eigenvalue weighted by Crippen LogP contribution is 2.46. The first kappa shape index (κ1) is 23.2. The fourth-order valence-corrected chi connectivity index (χ4v) is 5.20. The highest BCUT2D eigenvalue weighted by atomic mass is 127. The van der Waals surface area contributed by atoms with Crippen molar-refractivity contribution in [2.45, 2.75) is 71.8 Å². The molecule has 0 saturated heterocycles. The second-order valence-electron chi connectivity index (χ2n) is 9.64. The Bertz CT molecular complexity index is 1040. The number of nitrogens with zero attached hydrogens (tertiary/aromatic N) is 2. The standard InChI is InChI=1S/C26H31IN2O3/c1-4-16-10-18(21(13-23(30)31)17-7-8-17)12-20(11-16)32-15-19-14-28-25(27)24(29-19)22-6-5-9-26(22,2)3/h6,10-12,14,17,21H,4-5,7-9,13,15H2,1-3H3,(H,30,31). The van der Waals surface area contributed by atoms with Crippen LogP contribution in [0.15, 0.2) is 30.5 Å². The Morgan fingerprint density at radius 1 is 1.31 bits per heavy atom. The number of halogens is 1. The summed E-state index contributed by atoms with van der Waals surface area (Å²) < 4.78 is 7.09. The van der Waals surface area contributed by atoms with Gasteiger partial charge in [-0.15, -0.1) is 0 Å². The Kier molecular flexibility index (Phi) is 6.89. The number of carboxylic acids is 1. The lowest BCUT2D eigenvalue weighted by Gasteiger charge is -2.23. The maximum atomic E-state index is 11.4. The van der Waals surface area contributed by atoms with Crippen molar-refractivity contribution in [2.75, 3.05) is 0 Å². The molecule has 1 fully saturated rings. The summed E-state index contributed by atoms with van der Waals surface area (Å²) in [6, 6.07) is 6.23. The first-order chi connectivity index (χ1) is 15.3. The van der Waals surface area contributed by atoms with Crippen LogP contribution in [0.4, 0.5) is 0 Å². The molecule has 1 aromatic carbocycles. The lowest BCUT2D eigenvalue weighted by molar-refractivity contribution is -0.137. The van der Waals surface area contributed by atoms with E-state index >= 15 is 0 Å². The van der Waals surface area contributed by atoms with Gasteiger partial charge in [-0.05, 0) is 101 Å². The van der Waals surface area contributed by atoms with Crippen molar-refractivity contribution in [1.29, 1.82) is 0 Å². The minimum atomic E-state index is -0.739. The van der Waals surface area contributed by atoms with Crippen LogP contribution >= 0.6 is 22.6 Å². The van der Waals surface area contributed by atoms with Crippen molar-refractivity contribution in [1.82, 2.24) is 9.97 Å². The van der Waals surface area contributed by atoms with Gasteiger partial charge in [0.1, 0.15) is 16.1 Å². The maximum absolute atomic E-state index is 11.4. The van der Waals surface area contributed by atoms with Gasteiger partial charge in [0, 0.05) is 0 Å². The number of benzene rings is 1. The molecule has 4 rings (SSSR count). The van der Waals surface area contributed by atoms with Crippen LogP contribution in [0.1, 0.15) is 81.3 Å². The molecule has 5 nitrogen and oxygen atoms in total. The molecule has 0 spiro atoms. The lowest BCUT2D eigenvalue weighted by atomic mass is 9.84. The number of ether oxygens (including phenoxy) is 1. The fourth-order valence-electron chi connectivity index (χ4n) is 4.65. The van der Waals surface area contributed by atoms with Crippen molar-refractivity contribution >= 4 is 34.1 Å². The van der Waals surface area contributed by atoms with Gasteiger partial charge in [0.05, 0.1) is 24.0 Å². The Labute approximate surface area is 203 Å². The van der Waals surface area contributed by atoms with E-state index in [1.807, 2.05) is 6.07 Å². The molecule has 1 heterocycles. The van der Waals surface area contributed by atoms with Crippen molar-refractivity contribution in [3.05, 3.63) is 56.7 Å². The minimum absolute atomic E-state index is 0.0579. The normalized spacial score (nSPS) is 18.3. The summed E-state index contributed by atoms with van der Waals surface area (Å²) in [5, 5.41) is 9.39. The lowest BCUT2D eigenvalue weighted by Crippen LogP contribution is -2.13. The second kappa shape index (κ2) is 9.49. The van der Waals surface area contributed by atoms with E-state index in [2.05, 4.69) is 66.6 Å². The topological polar surface area (TPSA) is 72.3 Å². The molecule has 0 aliphatic heterocycles. The van der Waals surface area contributed by atoms with Crippen molar-refractivity contribution in [3.8, 4) is 5.75 Å². The number of aliphatic carboxylic acids is 1. The predicted octanol–water partition coefficient (Wildman–Crippen LogP) is 6.39. The first-order valence-electron chi connectivity index (χ1n) is 11.5. The maximum Gasteiger partial charge on any atom is 0.303 e. The fraction of sp³-hybridized carbons (Fsp3) is 0.500. The van der Waals surface area contributed by atoms with Gasteiger partial charge in [-0.2, -0.15) is 0 Å². The van der Waals surface area contributed by atoms with Crippen LogP contribution in [0.2, 0.25) is 0 Å². The number of hydrogen-bond acceptors (Lipinski definition) is 4. The average Bonchev–Trinajstić information content (AvgIpc) is 3.53. The van der Waals surface area contributed by atoms with Crippen molar-refractivity contribution in [2.24, 2.45) is 11.3 Å². The largest absolute Gasteiger partial charge is 0.487 e. The van der Waals surface area contributed by atoms with Crippen LogP contribution in [-0.2, 0) is 17.8 Å². The predicted molar refractivity (Wildman–Crippen MR) is 134 cm³/mol. The van der Waals surface area contributed by atoms with Crippen molar-refractivity contribution < 1.29 is 14.6 Å². The number of carboxylic acid groups (broad SMARTS) is 1. The van der Waals surface area contributed by atoms with E-state index in [0.717, 1.165) is 58.5 Å². The number of carbonyl (C=O) groups is 1. The third-order valence-corrected chi connectivity index (χ3v) is 7.47. The summed E-state index contributed by atoms with van der Waals surface area (Å²) >= 11 is 2.26. The van der Waals surface area contributed by atoms with Crippen LogP contribution in [0.3, 0.4) is 0 Å². The number of allylic oxidation sites excluding steroid dienone is 2. The highest BCUT2D eigenvalue weighted by Gasteiger charge is 2.34. The van der Waals surface area contributed by atoms with Crippen molar-refractivity contribution in [3.63, 3.8) is 0 Å². The average molecular weight is 546 g/mol. The third kappa shape index (κ3) is 5.33. The highest BCUT2D eigenvalue weighted by molar-refractivity contribution is 14.1. The van der Waals surface area contributed by atoms with E-state index in [-0.39, 0.29) is 17.8 Å². The van der Waals surface area contributed by atoms with E-state index < -0.39 is 5.97 Å². The molecule has 0 radical (unpaired) electrons. The molecule has 2 aliphatic rings. The summed E-state index contributed by atoms with van der Waals surface area (Å²) in [4.78, 5) is 20.9. The molecule has 1 aromatic heterocycles. The molecule has 1 unspecified atom stereocenters. The van der Waals surface area contributed by atoms with Gasteiger partial charge in [-0.1, -0.05) is 32.9 Å². The summed E-state index contributed by atoms with van der Waals surface area (Å²) in [6.45, 7) is 6.97. The summed E-state index contributed by atoms with van der Waals surface area (Å²) in [5.41, 5.74) is 5.40. The number of aryl methyl sites for hydroxylation is 1. The van der Waals surface area contributed by atoms with Gasteiger partial charge >= 0.3 is 5.97 Å². The van der Waals surface area contributed by atoms with Gasteiger partial charge in [-0.3, -0.25) is 4.79 Å². The summed E-state index contributed by atoms with van der Waals surface area (Å²) in [6.07, 6.45) is 9.55. The van der Waals surface area contributed by atoms with Crippen LogP contribution in [0, 0.1) is 15.0 Å². The minimum Gasteiger partial charge on any atom is -0.487 e. The van der Waals surface area contributed by atoms with E-state index in [9.17, 15) is 9.90 Å². The van der Waals surface area contributed by atoms with Crippen LogP contribution in [-0.4, -0.2) is 21.0 Å². The Balaban J connectivity index is 1.55. The van der Waals surface area contributed by atoms with Gasteiger partial charge in [-0.25, -0.2) is 9.97 Å². The van der Waals surface area contributed by atoms with Gasteiger partial charge < -0.3 is 9.84 Å². The van der Waals surface area contributed by atoms with Crippen LogP contribution < -0.4 is 4.74 Å². The molecule has 1 saturated carbocycles. The molecule has 0 bridgehead atoms. The van der Waals surface area contributed by atoms with E-state index in [0.29, 0.717) is 12.5 Å². The molecular formula is C26H31IN2O3. The first-order valence-corrected chi connectivity index (χ1v) is 12.6. The molecule has 2 aliphatic carbocycles. The van der Waals surface area contributed by atoms with Gasteiger partial charge in [0.2, 0.25) is 0 Å². The zero-order valence-corrected chi connectivity index (χ0v) is 21.2. The summed E-state index contributed by atoms with van der Waals surface area (Å²) in [5.74, 6) is 0.566. The molecule has 2 aromatic rings. The molecule has 6 heteroatoms. The molecule has 1 N–H and O–H groups in total. The zero-order chi connectivity index (χ0) is 22.9. The smallest absolute Gasteiger partial charge is 0.303 e. The Hall–Kier alpha value is -1.96. The van der Waals surface area contributed by atoms with E-state index in [1.54, 1.807) is 6.20 Å². The third-order valence-electron chi connectivity index (χ3n) is 6.68. The van der Waals surface area contributed by atoms with Crippen LogP contribution in [0.25, 0.3) is 5.57 Å². The number of hydrogen-bond donors (Lipinski definition) is 1. The molecule has 170 valence electrons. The molecule has 0 amide bonds. The Morgan fingerprint density at radius 3 is 2.72 bits per heavy atom. The van der Waals surface area contributed by atoms with Gasteiger partial charge in [0.15, 0.2) is 0 Å². The molecule has 1 atom stereocenters. The van der Waals surface area contributed by atoms with E-state index in [1.165, 1.54) is 11.1 Å². The molecule has 32 heavy (non-hydrogen) atoms. The van der Waals surface area contributed by atoms with Gasteiger partial charge in [0.25, 0.3) is 0 Å². The summed E-state index contributed by atoms with van der Waals surface area (Å²) in [7, 11) is 0. The zero-order valence-electron chi connectivity index (χ0n) is 19.0. The second-order valence-corrected chi connectivity index (χ2v) is 10.7. The molecular weight excluding hydrogens is 515 g/mol. The number of rotatable bonds is 9. The van der Waals surface area contributed by atoms with E-state index in [4.69, 9.17) is 9.72 Å². The monoisotopic (exact) mass is 546 g/mol. The Morgan fingerprint density at radius 2 is 2.09 bits per heavy atom. The van der Waals surface area contributed by atoms with Crippen LogP contribution in [0.5, 0.6) is 5.75 Å². The quantitative estimate of drug-likeness (QED) is 0.369. The number of aromatic nitrogens is 2.